The van der Waals surface area contributed by atoms with Gasteiger partial charge in [-0.05, 0) is 43.7 Å². The summed E-state index contributed by atoms with van der Waals surface area (Å²) in [5.74, 6) is 0.398. The normalized spacial score (nSPS) is 16.1. The summed E-state index contributed by atoms with van der Waals surface area (Å²) < 4.78 is 2.05. The van der Waals surface area contributed by atoms with Crippen molar-refractivity contribution in [2.45, 2.75) is 26.4 Å². The Labute approximate surface area is 174 Å². The van der Waals surface area contributed by atoms with E-state index in [9.17, 15) is 9.59 Å². The van der Waals surface area contributed by atoms with Crippen LogP contribution in [0.3, 0.4) is 0 Å². The van der Waals surface area contributed by atoms with Crippen molar-refractivity contribution >= 4 is 29.0 Å². The second-order valence-electron chi connectivity index (χ2n) is 7.03. The van der Waals surface area contributed by atoms with E-state index in [2.05, 4.69) is 20.7 Å². The van der Waals surface area contributed by atoms with Crippen LogP contribution in [0.25, 0.3) is 0 Å². The molecule has 8 nitrogen and oxygen atoms in total. The van der Waals surface area contributed by atoms with Crippen molar-refractivity contribution < 1.29 is 9.59 Å². The lowest BCUT2D eigenvalue weighted by Crippen LogP contribution is -2.57. The summed E-state index contributed by atoms with van der Waals surface area (Å²) in [6, 6.07) is 16.0. The third-order valence-electron chi connectivity index (χ3n) is 4.84. The Kier molecular flexibility index (Phi) is 5.30. The molecule has 3 aromatic rings. The van der Waals surface area contributed by atoms with Gasteiger partial charge in [-0.3, -0.25) is 15.0 Å². The van der Waals surface area contributed by atoms with E-state index in [4.69, 9.17) is 0 Å². The zero-order valence-corrected chi connectivity index (χ0v) is 16.7. The van der Waals surface area contributed by atoms with Gasteiger partial charge in [0.1, 0.15) is 11.9 Å². The van der Waals surface area contributed by atoms with E-state index in [1.165, 1.54) is 5.01 Å². The van der Waals surface area contributed by atoms with Gasteiger partial charge >= 0.3 is 0 Å². The number of hydrazine groups is 1. The average molecular weight is 402 g/mol. The molecule has 0 aliphatic carbocycles. The van der Waals surface area contributed by atoms with Crippen LogP contribution in [0.15, 0.2) is 72.0 Å². The number of aromatic nitrogens is 2. The molecule has 2 N–H and O–H groups in total. The minimum absolute atomic E-state index is 0.0871. The molecular formula is C22H22N6O2. The predicted molar refractivity (Wildman–Crippen MR) is 115 cm³/mol. The van der Waals surface area contributed by atoms with Crippen LogP contribution in [0.2, 0.25) is 0 Å². The van der Waals surface area contributed by atoms with Crippen LogP contribution in [-0.2, 0) is 16.1 Å². The Morgan fingerprint density at radius 3 is 2.53 bits per heavy atom. The Hall–Kier alpha value is -3.94. The number of aryl methyl sites for hydroxylation is 1. The van der Waals surface area contributed by atoms with Crippen molar-refractivity contribution in [1.82, 2.24) is 15.0 Å². The molecule has 0 saturated heterocycles. The van der Waals surface area contributed by atoms with Crippen LogP contribution in [-0.4, -0.2) is 33.2 Å². The second kappa shape index (κ2) is 8.20. The van der Waals surface area contributed by atoms with Crippen LogP contribution in [0.5, 0.6) is 0 Å². The van der Waals surface area contributed by atoms with E-state index in [1.807, 2.05) is 60.2 Å². The molecule has 0 fully saturated rings. The third kappa shape index (κ3) is 4.07. The number of carbonyl (C=O) groups is 2. The molecule has 1 atom stereocenters. The van der Waals surface area contributed by atoms with Gasteiger partial charge in [0, 0.05) is 24.6 Å². The number of rotatable bonds is 5. The Morgan fingerprint density at radius 2 is 1.87 bits per heavy atom. The second-order valence-corrected chi connectivity index (χ2v) is 7.03. The maximum Gasteiger partial charge on any atom is 0.292 e. The fraction of sp³-hybridized carbons (Fsp3) is 0.182. The fourth-order valence-corrected chi connectivity index (χ4v) is 3.16. The molecule has 1 unspecified atom stereocenters. The average Bonchev–Trinajstić information content (AvgIpc) is 3.16. The van der Waals surface area contributed by atoms with E-state index in [0.29, 0.717) is 17.9 Å². The van der Waals surface area contributed by atoms with E-state index >= 15 is 0 Å². The molecule has 2 amide bonds. The number of carbonyl (C=O) groups excluding carboxylic acids is 2. The maximum absolute atomic E-state index is 12.7. The Bertz CT molecular complexity index is 1090. The molecule has 1 aliphatic heterocycles. The lowest BCUT2D eigenvalue weighted by molar-refractivity contribution is -0.120. The molecule has 0 spiro atoms. The fourth-order valence-electron chi connectivity index (χ4n) is 3.16. The summed E-state index contributed by atoms with van der Waals surface area (Å²) >= 11 is 0. The van der Waals surface area contributed by atoms with Crippen LogP contribution < -0.4 is 15.8 Å². The maximum atomic E-state index is 12.7. The molecule has 0 saturated carbocycles. The molecule has 1 aromatic heterocycles. The van der Waals surface area contributed by atoms with E-state index in [1.54, 1.807) is 25.3 Å². The minimum Gasteiger partial charge on any atom is -0.331 e. The first-order valence-corrected chi connectivity index (χ1v) is 9.63. The zero-order chi connectivity index (χ0) is 21.1. The zero-order valence-electron chi connectivity index (χ0n) is 16.7. The predicted octanol–water partition coefficient (Wildman–Crippen LogP) is 2.52. The van der Waals surface area contributed by atoms with E-state index in [0.717, 1.165) is 11.4 Å². The van der Waals surface area contributed by atoms with Gasteiger partial charge in [0.15, 0.2) is 0 Å². The number of hydrogen-bond acceptors (Lipinski definition) is 5. The molecule has 4 rings (SSSR count). The highest BCUT2D eigenvalue weighted by atomic mass is 16.2. The highest BCUT2D eigenvalue weighted by molar-refractivity contribution is 6.43. The van der Waals surface area contributed by atoms with Crippen molar-refractivity contribution in [3.05, 3.63) is 78.4 Å². The van der Waals surface area contributed by atoms with Crippen LogP contribution in [0.4, 0.5) is 11.4 Å². The Morgan fingerprint density at radius 1 is 1.13 bits per heavy atom. The topological polar surface area (TPSA) is 91.6 Å². The smallest absolute Gasteiger partial charge is 0.292 e. The number of nitrogens with one attached hydrogen (secondary N) is 2. The van der Waals surface area contributed by atoms with E-state index in [-0.39, 0.29) is 11.7 Å². The van der Waals surface area contributed by atoms with Gasteiger partial charge in [-0.15, -0.1) is 0 Å². The lowest BCUT2D eigenvalue weighted by atomic mass is 10.2. The highest BCUT2D eigenvalue weighted by Gasteiger charge is 2.30. The number of amidine groups is 1. The van der Waals surface area contributed by atoms with Gasteiger partial charge < -0.3 is 9.88 Å². The molecule has 8 heteroatoms. The molecular weight excluding hydrogens is 380 g/mol. The van der Waals surface area contributed by atoms with Gasteiger partial charge in [-0.1, -0.05) is 30.3 Å². The molecule has 2 aromatic carbocycles. The first-order valence-electron chi connectivity index (χ1n) is 9.63. The number of amides is 2. The third-order valence-corrected chi connectivity index (χ3v) is 4.84. The number of anilines is 2. The monoisotopic (exact) mass is 402 g/mol. The number of hydrogen-bond donors (Lipinski definition) is 2. The minimum atomic E-state index is -0.659. The molecule has 0 radical (unpaired) electrons. The number of imidazole rings is 1. The molecule has 30 heavy (non-hydrogen) atoms. The standard InChI is InChI=1S/C22H22N6O2/c1-15-22(30)28(19-6-4-3-5-7-19)26-20(24-15)21(29)25-18-10-8-17(9-11-18)14-27-13-12-23-16(27)2/h3-13,15H,14H2,1-2H3,(H,24,26)(H,25,29). The summed E-state index contributed by atoms with van der Waals surface area (Å²) in [5, 5.41) is 4.18. The highest BCUT2D eigenvalue weighted by Crippen LogP contribution is 2.17. The molecule has 0 bridgehead atoms. The number of aliphatic imine (C=N–C) groups is 1. The van der Waals surface area contributed by atoms with Gasteiger partial charge in [0.25, 0.3) is 11.8 Å². The molecule has 2 heterocycles. The van der Waals surface area contributed by atoms with Crippen molar-refractivity contribution in [1.29, 1.82) is 0 Å². The molecule has 1 aliphatic rings. The SMILES string of the molecule is Cc1nccn1Cc1ccc(NC(=O)C2=NC(C)C(=O)N(c3ccccc3)N2)cc1. The quantitative estimate of drug-likeness (QED) is 0.686. The first-order chi connectivity index (χ1) is 14.5. The molecule has 152 valence electrons. The van der Waals surface area contributed by atoms with E-state index < -0.39 is 11.9 Å². The van der Waals surface area contributed by atoms with Crippen molar-refractivity contribution in [3.63, 3.8) is 0 Å². The summed E-state index contributed by atoms with van der Waals surface area (Å²) in [7, 11) is 0. The summed E-state index contributed by atoms with van der Waals surface area (Å²) in [6.07, 6.45) is 3.70. The van der Waals surface area contributed by atoms with Crippen molar-refractivity contribution in [3.8, 4) is 0 Å². The largest absolute Gasteiger partial charge is 0.331 e. The lowest BCUT2D eigenvalue weighted by Gasteiger charge is -2.30. The van der Waals surface area contributed by atoms with Crippen LogP contribution >= 0.6 is 0 Å². The van der Waals surface area contributed by atoms with Gasteiger partial charge in [0.05, 0.1) is 5.69 Å². The Balaban J connectivity index is 1.45. The van der Waals surface area contributed by atoms with Crippen molar-refractivity contribution in [2.75, 3.05) is 10.3 Å². The van der Waals surface area contributed by atoms with Crippen molar-refractivity contribution in [2.24, 2.45) is 4.99 Å². The van der Waals surface area contributed by atoms with Crippen LogP contribution in [0, 0.1) is 6.92 Å². The summed E-state index contributed by atoms with van der Waals surface area (Å²) in [4.78, 5) is 33.6. The summed E-state index contributed by atoms with van der Waals surface area (Å²) in [6.45, 7) is 4.33. The number of benzene rings is 2. The van der Waals surface area contributed by atoms with Crippen LogP contribution in [0.1, 0.15) is 18.3 Å². The van der Waals surface area contributed by atoms with Gasteiger partial charge in [-0.25, -0.2) is 15.0 Å². The number of nitrogens with zero attached hydrogens (tertiary/aromatic N) is 4. The van der Waals surface area contributed by atoms with Gasteiger partial charge in [0.2, 0.25) is 5.84 Å². The first kappa shape index (κ1) is 19.4. The number of para-hydroxylation sites is 1. The van der Waals surface area contributed by atoms with Gasteiger partial charge in [-0.2, -0.15) is 0 Å². The summed E-state index contributed by atoms with van der Waals surface area (Å²) in [5.41, 5.74) is 5.21.